The first-order valence-electron chi connectivity index (χ1n) is 13.4. The molecule has 3 aliphatic rings. The van der Waals surface area contributed by atoms with Crippen molar-refractivity contribution in [2.45, 2.75) is 59.3 Å². The van der Waals surface area contributed by atoms with Crippen LogP contribution in [0.2, 0.25) is 5.02 Å². The van der Waals surface area contributed by atoms with Crippen LogP contribution in [0.5, 0.6) is 5.75 Å². The van der Waals surface area contributed by atoms with Gasteiger partial charge in [0.25, 0.3) is 5.91 Å². The molecular weight excluding hydrogens is 512 g/mol. The molecule has 1 amide bonds. The summed E-state index contributed by atoms with van der Waals surface area (Å²) in [5, 5.41) is 3.20. The van der Waals surface area contributed by atoms with Gasteiger partial charge in [0, 0.05) is 48.3 Å². The lowest BCUT2D eigenvalue weighted by molar-refractivity contribution is -0.120. The first-order valence-corrected chi connectivity index (χ1v) is 13.8. The lowest BCUT2D eigenvalue weighted by Crippen LogP contribution is -2.43. The van der Waals surface area contributed by atoms with Crippen molar-refractivity contribution in [1.82, 2.24) is 4.90 Å². The Bertz CT molecular complexity index is 1360. The molecule has 0 unspecified atom stereocenters. The van der Waals surface area contributed by atoms with Gasteiger partial charge in [-0.05, 0) is 53.5 Å². The molecule has 1 aliphatic heterocycles. The number of ether oxygens (including phenoxy) is 1. The molecule has 0 spiro atoms. The number of carbonyl (C=O) groups excluding carboxylic acids is 3. The van der Waals surface area contributed by atoms with E-state index < -0.39 is 5.92 Å². The maximum atomic E-state index is 13.6. The first-order chi connectivity index (χ1) is 18.3. The fraction of sp³-hybridized carbons (Fsp3) is 0.406. The van der Waals surface area contributed by atoms with Crippen LogP contribution in [0.1, 0.15) is 64.9 Å². The van der Waals surface area contributed by atoms with Crippen LogP contribution in [0.25, 0.3) is 0 Å². The molecule has 6 nitrogen and oxygen atoms in total. The molecule has 7 heteroatoms. The second kappa shape index (κ2) is 9.98. The molecule has 1 heterocycles. The highest BCUT2D eigenvalue weighted by Gasteiger charge is 2.48. The number of allylic oxidation sites excluding steroid dienone is 4. The highest BCUT2D eigenvalue weighted by atomic mass is 35.5. The molecule has 1 N–H and O–H groups in total. The molecule has 5 rings (SSSR count). The van der Waals surface area contributed by atoms with Crippen molar-refractivity contribution in [1.29, 1.82) is 0 Å². The second-order valence-electron chi connectivity index (χ2n) is 12.5. The zero-order valence-corrected chi connectivity index (χ0v) is 23.9. The van der Waals surface area contributed by atoms with E-state index in [4.69, 9.17) is 16.3 Å². The highest BCUT2D eigenvalue weighted by molar-refractivity contribution is 6.33. The van der Waals surface area contributed by atoms with Crippen molar-refractivity contribution < 1.29 is 19.1 Å². The van der Waals surface area contributed by atoms with Gasteiger partial charge in [-0.15, -0.1) is 0 Å². The van der Waals surface area contributed by atoms with Gasteiger partial charge < -0.3 is 15.0 Å². The number of Topliss-reactive ketones (excluding diaryl/α,β-unsaturated/α-hetero) is 2. The minimum atomic E-state index is -0.393. The summed E-state index contributed by atoms with van der Waals surface area (Å²) in [4.78, 5) is 41.7. The van der Waals surface area contributed by atoms with Crippen LogP contribution in [0.4, 0.5) is 5.69 Å². The Hall–Kier alpha value is -3.38. The summed E-state index contributed by atoms with van der Waals surface area (Å²) >= 11 is 6.12. The van der Waals surface area contributed by atoms with Crippen LogP contribution < -0.4 is 10.1 Å². The van der Waals surface area contributed by atoms with Crippen LogP contribution in [0.15, 0.2) is 71.1 Å². The van der Waals surface area contributed by atoms with E-state index in [9.17, 15) is 14.4 Å². The van der Waals surface area contributed by atoms with E-state index in [-0.39, 0.29) is 34.9 Å². The van der Waals surface area contributed by atoms with Crippen LogP contribution in [-0.2, 0) is 14.4 Å². The molecule has 2 aliphatic carbocycles. The number of carbonyl (C=O) groups is 3. The van der Waals surface area contributed by atoms with Gasteiger partial charge in [-0.2, -0.15) is 0 Å². The van der Waals surface area contributed by atoms with Crippen molar-refractivity contribution in [3.05, 3.63) is 81.7 Å². The van der Waals surface area contributed by atoms with Crippen molar-refractivity contribution in [3.63, 3.8) is 0 Å². The van der Waals surface area contributed by atoms with Gasteiger partial charge in [0.1, 0.15) is 5.75 Å². The van der Waals surface area contributed by atoms with Crippen molar-refractivity contribution in [2.75, 3.05) is 19.0 Å². The average Bonchev–Trinajstić information content (AvgIpc) is 2.85. The van der Waals surface area contributed by atoms with Crippen molar-refractivity contribution >= 4 is 34.8 Å². The third-order valence-corrected chi connectivity index (χ3v) is 8.24. The number of nitrogens with one attached hydrogen (secondary N) is 1. The van der Waals surface area contributed by atoms with Gasteiger partial charge >= 0.3 is 0 Å². The summed E-state index contributed by atoms with van der Waals surface area (Å²) in [5.74, 6) is 0.0307. The Morgan fingerprint density at radius 2 is 1.44 bits per heavy atom. The molecule has 39 heavy (non-hydrogen) atoms. The summed E-state index contributed by atoms with van der Waals surface area (Å²) in [5.41, 5.74) is 4.69. The average molecular weight is 547 g/mol. The fourth-order valence-electron chi connectivity index (χ4n) is 6.15. The van der Waals surface area contributed by atoms with Gasteiger partial charge in [-0.3, -0.25) is 14.4 Å². The van der Waals surface area contributed by atoms with Crippen LogP contribution in [0, 0.1) is 10.8 Å². The normalized spacial score (nSPS) is 20.5. The summed E-state index contributed by atoms with van der Waals surface area (Å²) in [6, 6.07) is 14.4. The molecule has 2 aromatic rings. The molecule has 2 aromatic carbocycles. The third-order valence-electron chi connectivity index (χ3n) is 7.91. The molecule has 0 atom stereocenters. The standard InChI is InChI=1S/C32H35ClN2O4/c1-31(2)14-23-29(25(36)16-31)28(30-24(35(23)5)15-32(3,4)17-26(30)37)19-10-12-20(13-11-19)39-18-27(38)34-22-9-7-6-8-21(22)33/h6-13,28H,14-18H2,1-5H3,(H,34,38). The van der Waals surface area contributed by atoms with Crippen LogP contribution in [-0.4, -0.2) is 36.0 Å². The molecule has 0 radical (unpaired) electrons. The summed E-state index contributed by atoms with van der Waals surface area (Å²) in [6.07, 6.45) is 2.49. The molecule has 0 bridgehead atoms. The SMILES string of the molecule is CN1C2=C(C(=O)CC(C)(C)C2)C(c2ccc(OCC(=O)Nc3ccccc3Cl)cc2)C2=C1CC(C)(C)CC2=O. The Kier molecular flexibility index (Phi) is 6.96. The summed E-state index contributed by atoms with van der Waals surface area (Å²) < 4.78 is 5.73. The number of ketones is 2. The van der Waals surface area contributed by atoms with Gasteiger partial charge in [0.15, 0.2) is 18.2 Å². The minimum Gasteiger partial charge on any atom is -0.484 e. The summed E-state index contributed by atoms with van der Waals surface area (Å²) in [6.45, 7) is 8.35. The Labute approximate surface area is 235 Å². The maximum absolute atomic E-state index is 13.6. The van der Waals surface area contributed by atoms with E-state index in [0.717, 1.165) is 40.9 Å². The third kappa shape index (κ3) is 5.40. The minimum absolute atomic E-state index is 0.110. The summed E-state index contributed by atoms with van der Waals surface area (Å²) in [7, 11) is 2.01. The zero-order chi connectivity index (χ0) is 28.1. The number of hydrogen-bond acceptors (Lipinski definition) is 5. The van der Waals surface area contributed by atoms with Crippen molar-refractivity contribution in [2.24, 2.45) is 10.8 Å². The van der Waals surface area contributed by atoms with E-state index >= 15 is 0 Å². The lowest BCUT2D eigenvalue weighted by atomic mass is 9.64. The number of benzene rings is 2. The number of nitrogens with zero attached hydrogens (tertiary/aromatic N) is 1. The number of rotatable bonds is 5. The van der Waals surface area contributed by atoms with E-state index in [0.29, 0.717) is 29.3 Å². The fourth-order valence-corrected chi connectivity index (χ4v) is 6.34. The maximum Gasteiger partial charge on any atom is 0.262 e. The lowest BCUT2D eigenvalue weighted by Gasteiger charge is -2.47. The molecule has 204 valence electrons. The number of hydrogen-bond donors (Lipinski definition) is 1. The Morgan fingerprint density at radius 1 is 0.897 bits per heavy atom. The molecule has 0 saturated carbocycles. The highest BCUT2D eigenvalue weighted by Crippen LogP contribution is 2.53. The zero-order valence-electron chi connectivity index (χ0n) is 23.2. The van der Waals surface area contributed by atoms with Crippen molar-refractivity contribution in [3.8, 4) is 5.75 Å². The smallest absolute Gasteiger partial charge is 0.262 e. The van der Waals surface area contributed by atoms with E-state index in [2.05, 4.69) is 37.9 Å². The number of para-hydroxylation sites is 1. The van der Waals surface area contributed by atoms with Gasteiger partial charge in [-0.1, -0.05) is 63.6 Å². The van der Waals surface area contributed by atoms with E-state index in [1.165, 1.54) is 0 Å². The quantitative estimate of drug-likeness (QED) is 0.453. The topological polar surface area (TPSA) is 75.7 Å². The molecular formula is C32H35ClN2O4. The largest absolute Gasteiger partial charge is 0.484 e. The second-order valence-corrected chi connectivity index (χ2v) is 12.9. The predicted octanol–water partition coefficient (Wildman–Crippen LogP) is 6.67. The van der Waals surface area contributed by atoms with E-state index in [1.807, 2.05) is 19.2 Å². The van der Waals surface area contributed by atoms with Gasteiger partial charge in [0.05, 0.1) is 10.7 Å². The number of anilines is 1. The first kappa shape index (κ1) is 27.2. The van der Waals surface area contributed by atoms with Crippen LogP contribution in [0.3, 0.4) is 0 Å². The molecule has 0 saturated heterocycles. The van der Waals surface area contributed by atoms with E-state index in [1.54, 1.807) is 36.4 Å². The predicted molar refractivity (Wildman–Crippen MR) is 153 cm³/mol. The van der Waals surface area contributed by atoms with Gasteiger partial charge in [-0.25, -0.2) is 0 Å². The molecule has 0 aromatic heterocycles. The molecule has 0 fully saturated rings. The van der Waals surface area contributed by atoms with Crippen LogP contribution >= 0.6 is 11.6 Å². The van der Waals surface area contributed by atoms with Gasteiger partial charge in [0.2, 0.25) is 0 Å². The number of amides is 1. The Morgan fingerprint density at radius 3 is 1.97 bits per heavy atom. The monoisotopic (exact) mass is 546 g/mol. The number of halogens is 1. The Balaban J connectivity index is 1.43.